The predicted molar refractivity (Wildman–Crippen MR) is 56.8 cm³/mol. The molecule has 0 fully saturated rings. The van der Waals surface area contributed by atoms with Gasteiger partial charge in [0.2, 0.25) is 5.95 Å². The standard InChI is InChI=1S/C9H11N5O2/c1-4-5(2)7-11-12-9(10-3)14(7)13-6(4)8(15)16/h1-3H3,(H,10,12)(H,15,16). The Labute approximate surface area is 91.1 Å². The van der Waals surface area contributed by atoms with Gasteiger partial charge in [-0.25, -0.2) is 4.79 Å². The third-order valence-electron chi connectivity index (χ3n) is 2.52. The summed E-state index contributed by atoms with van der Waals surface area (Å²) >= 11 is 0. The molecule has 0 saturated carbocycles. The molecule has 0 atom stereocenters. The van der Waals surface area contributed by atoms with Crippen LogP contribution in [0.5, 0.6) is 0 Å². The molecule has 16 heavy (non-hydrogen) atoms. The van der Waals surface area contributed by atoms with E-state index in [2.05, 4.69) is 20.6 Å². The molecule has 84 valence electrons. The Morgan fingerprint density at radius 1 is 1.31 bits per heavy atom. The average Bonchev–Trinajstić information content (AvgIpc) is 2.65. The molecule has 0 aliphatic heterocycles. The van der Waals surface area contributed by atoms with Crippen LogP contribution in [0.3, 0.4) is 0 Å². The first-order valence-electron chi connectivity index (χ1n) is 4.70. The highest BCUT2D eigenvalue weighted by molar-refractivity contribution is 5.87. The Balaban J connectivity index is 2.86. The Morgan fingerprint density at radius 2 is 2.00 bits per heavy atom. The lowest BCUT2D eigenvalue weighted by atomic mass is 10.1. The van der Waals surface area contributed by atoms with Crippen molar-refractivity contribution in [3.63, 3.8) is 0 Å². The third kappa shape index (κ3) is 1.28. The molecule has 2 rings (SSSR count). The minimum Gasteiger partial charge on any atom is -0.476 e. The van der Waals surface area contributed by atoms with Gasteiger partial charge in [0, 0.05) is 12.6 Å². The molecule has 2 N–H and O–H groups in total. The summed E-state index contributed by atoms with van der Waals surface area (Å²) in [5.74, 6) is -0.640. The van der Waals surface area contributed by atoms with Crippen molar-refractivity contribution in [1.82, 2.24) is 19.8 Å². The summed E-state index contributed by atoms with van der Waals surface area (Å²) in [5.41, 5.74) is 1.95. The van der Waals surface area contributed by atoms with Gasteiger partial charge in [0.15, 0.2) is 11.3 Å². The Hall–Kier alpha value is -2.18. The summed E-state index contributed by atoms with van der Waals surface area (Å²) in [4.78, 5) is 11.0. The number of aromatic nitrogens is 4. The summed E-state index contributed by atoms with van der Waals surface area (Å²) in [6.07, 6.45) is 0. The first-order valence-corrected chi connectivity index (χ1v) is 4.70. The van der Waals surface area contributed by atoms with Crippen LogP contribution in [-0.4, -0.2) is 37.9 Å². The molecule has 7 nitrogen and oxygen atoms in total. The molecule has 0 saturated heterocycles. The van der Waals surface area contributed by atoms with Crippen LogP contribution in [0.25, 0.3) is 5.65 Å². The highest BCUT2D eigenvalue weighted by atomic mass is 16.4. The van der Waals surface area contributed by atoms with Crippen molar-refractivity contribution in [1.29, 1.82) is 0 Å². The first kappa shape index (κ1) is 10.3. The Kier molecular flexibility index (Phi) is 2.22. The van der Waals surface area contributed by atoms with Crippen LogP contribution in [0, 0.1) is 13.8 Å². The zero-order valence-corrected chi connectivity index (χ0v) is 9.14. The number of carboxylic acids is 1. The lowest BCUT2D eigenvalue weighted by Gasteiger charge is -2.05. The van der Waals surface area contributed by atoms with Crippen molar-refractivity contribution in [2.45, 2.75) is 13.8 Å². The van der Waals surface area contributed by atoms with E-state index in [0.29, 0.717) is 17.2 Å². The Bertz CT molecular complexity index is 575. The van der Waals surface area contributed by atoms with E-state index in [1.165, 1.54) is 4.52 Å². The molecule has 7 heteroatoms. The lowest BCUT2D eigenvalue weighted by molar-refractivity contribution is 0.0688. The van der Waals surface area contributed by atoms with Gasteiger partial charge in [-0.2, -0.15) is 9.61 Å². The van der Waals surface area contributed by atoms with Gasteiger partial charge in [-0.15, -0.1) is 10.2 Å². The number of hydrogen-bond acceptors (Lipinski definition) is 5. The number of hydrogen-bond donors (Lipinski definition) is 2. The largest absolute Gasteiger partial charge is 0.476 e. The number of aromatic carboxylic acids is 1. The molecule has 0 radical (unpaired) electrons. The smallest absolute Gasteiger partial charge is 0.356 e. The predicted octanol–water partition coefficient (Wildman–Crippen LogP) is 0.481. The van der Waals surface area contributed by atoms with Gasteiger partial charge in [0.1, 0.15) is 0 Å². The molecule has 0 aromatic carbocycles. The van der Waals surface area contributed by atoms with E-state index in [4.69, 9.17) is 5.11 Å². The third-order valence-corrected chi connectivity index (χ3v) is 2.52. The number of carbonyl (C=O) groups is 1. The SMILES string of the molecule is CNc1nnc2c(C)c(C)c(C(=O)O)nn12. The fraction of sp³-hybridized carbons (Fsp3) is 0.333. The minimum atomic E-state index is -1.06. The number of nitrogens with zero attached hydrogens (tertiary/aromatic N) is 4. The highest BCUT2D eigenvalue weighted by Gasteiger charge is 2.17. The van der Waals surface area contributed by atoms with E-state index < -0.39 is 5.97 Å². The Morgan fingerprint density at radius 3 is 2.56 bits per heavy atom. The van der Waals surface area contributed by atoms with Crippen molar-refractivity contribution in [2.75, 3.05) is 12.4 Å². The van der Waals surface area contributed by atoms with Crippen molar-refractivity contribution in [3.8, 4) is 0 Å². The van der Waals surface area contributed by atoms with Crippen LogP contribution < -0.4 is 5.32 Å². The maximum atomic E-state index is 11.0. The van der Waals surface area contributed by atoms with Crippen LogP contribution in [-0.2, 0) is 0 Å². The molecule has 0 spiro atoms. The van der Waals surface area contributed by atoms with E-state index >= 15 is 0 Å². The summed E-state index contributed by atoms with van der Waals surface area (Å²) < 4.78 is 1.39. The zero-order chi connectivity index (χ0) is 11.9. The van der Waals surface area contributed by atoms with Gasteiger partial charge in [-0.1, -0.05) is 0 Å². The van der Waals surface area contributed by atoms with Crippen molar-refractivity contribution in [2.24, 2.45) is 0 Å². The first-order chi connectivity index (χ1) is 7.56. The van der Waals surface area contributed by atoms with E-state index in [9.17, 15) is 4.79 Å². The highest BCUT2D eigenvalue weighted by Crippen LogP contribution is 2.17. The maximum Gasteiger partial charge on any atom is 0.356 e. The van der Waals surface area contributed by atoms with E-state index in [1.807, 2.05) is 0 Å². The summed E-state index contributed by atoms with van der Waals surface area (Å²) in [5, 5.41) is 23.6. The topological polar surface area (TPSA) is 92.4 Å². The average molecular weight is 221 g/mol. The monoisotopic (exact) mass is 221 g/mol. The second-order valence-electron chi connectivity index (χ2n) is 3.41. The fourth-order valence-electron chi connectivity index (χ4n) is 1.49. The maximum absolute atomic E-state index is 11.0. The molecule has 2 aromatic rings. The molecular weight excluding hydrogens is 210 g/mol. The quantitative estimate of drug-likeness (QED) is 0.766. The second-order valence-corrected chi connectivity index (χ2v) is 3.41. The molecule has 0 aliphatic carbocycles. The molecule has 0 bridgehead atoms. The molecule has 2 aromatic heterocycles. The minimum absolute atomic E-state index is 0.0151. The number of aryl methyl sites for hydroxylation is 1. The van der Waals surface area contributed by atoms with E-state index in [1.54, 1.807) is 20.9 Å². The van der Waals surface area contributed by atoms with Crippen LogP contribution >= 0.6 is 0 Å². The van der Waals surface area contributed by atoms with Gasteiger partial charge in [-0.05, 0) is 19.4 Å². The molecular formula is C9H11N5O2. The van der Waals surface area contributed by atoms with Gasteiger partial charge < -0.3 is 10.4 Å². The zero-order valence-electron chi connectivity index (χ0n) is 9.14. The molecule has 2 heterocycles. The molecule has 0 unspecified atom stereocenters. The summed E-state index contributed by atoms with van der Waals surface area (Å²) in [6, 6.07) is 0. The van der Waals surface area contributed by atoms with Crippen molar-refractivity contribution in [3.05, 3.63) is 16.8 Å². The van der Waals surface area contributed by atoms with Gasteiger partial charge in [0.05, 0.1) is 0 Å². The van der Waals surface area contributed by atoms with Crippen molar-refractivity contribution < 1.29 is 9.90 Å². The number of carboxylic acid groups (broad SMARTS) is 1. The second kappa shape index (κ2) is 3.44. The normalized spacial score (nSPS) is 10.7. The van der Waals surface area contributed by atoms with Crippen LogP contribution in [0.2, 0.25) is 0 Å². The molecule has 0 amide bonds. The summed E-state index contributed by atoms with van der Waals surface area (Å²) in [6.45, 7) is 3.51. The van der Waals surface area contributed by atoms with Gasteiger partial charge >= 0.3 is 5.97 Å². The van der Waals surface area contributed by atoms with Crippen LogP contribution in [0.15, 0.2) is 0 Å². The van der Waals surface area contributed by atoms with Gasteiger partial charge in [0.25, 0.3) is 0 Å². The van der Waals surface area contributed by atoms with Crippen molar-refractivity contribution >= 4 is 17.6 Å². The van der Waals surface area contributed by atoms with E-state index in [0.717, 1.165) is 5.56 Å². The summed E-state index contributed by atoms with van der Waals surface area (Å²) in [7, 11) is 1.67. The van der Waals surface area contributed by atoms with Gasteiger partial charge in [-0.3, -0.25) is 0 Å². The lowest BCUT2D eigenvalue weighted by Crippen LogP contribution is -2.11. The van der Waals surface area contributed by atoms with Crippen LogP contribution in [0.4, 0.5) is 5.95 Å². The van der Waals surface area contributed by atoms with E-state index in [-0.39, 0.29) is 5.69 Å². The molecule has 0 aliphatic rings. The fourth-order valence-corrected chi connectivity index (χ4v) is 1.49. The number of rotatable bonds is 2. The number of fused-ring (bicyclic) bond motifs is 1. The number of nitrogens with one attached hydrogen (secondary N) is 1. The number of anilines is 1. The van der Waals surface area contributed by atoms with Crippen LogP contribution in [0.1, 0.15) is 21.6 Å².